The maximum absolute atomic E-state index is 11.9. The molecule has 0 spiro atoms. The third-order valence-corrected chi connectivity index (χ3v) is 3.25. The average Bonchev–Trinajstić information content (AvgIpc) is 2.90. The van der Waals surface area contributed by atoms with Crippen molar-refractivity contribution in [2.24, 2.45) is 0 Å². The van der Waals surface area contributed by atoms with Crippen molar-refractivity contribution in [2.45, 2.75) is 26.4 Å². The van der Waals surface area contributed by atoms with Gasteiger partial charge in [-0.15, -0.1) is 0 Å². The molecule has 2 N–H and O–H groups in total. The summed E-state index contributed by atoms with van der Waals surface area (Å²) in [6, 6.07) is 1.60. The van der Waals surface area contributed by atoms with Crippen LogP contribution in [0.1, 0.15) is 31.1 Å². The van der Waals surface area contributed by atoms with E-state index in [1.807, 2.05) is 0 Å². The monoisotopic (exact) mass is 356 g/mol. The molecule has 0 saturated heterocycles. The van der Waals surface area contributed by atoms with Crippen LogP contribution in [0.2, 0.25) is 0 Å². The van der Waals surface area contributed by atoms with Gasteiger partial charge >= 0.3 is 12.1 Å². The van der Waals surface area contributed by atoms with Gasteiger partial charge in [-0.2, -0.15) is 0 Å². The number of aromatic nitrogens is 3. The number of carbonyl (C=O) groups excluding carboxylic acids is 1. The Kier molecular flexibility index (Phi) is 4.29. The van der Waals surface area contributed by atoms with Gasteiger partial charge in [0.2, 0.25) is 5.88 Å². The molecule has 0 saturated carbocycles. The van der Waals surface area contributed by atoms with E-state index < -0.39 is 17.7 Å². The predicted molar refractivity (Wildman–Crippen MR) is 91.9 cm³/mol. The first-order chi connectivity index (χ1) is 12.2. The summed E-state index contributed by atoms with van der Waals surface area (Å²) in [5.41, 5.74) is 0.670. The van der Waals surface area contributed by atoms with Crippen LogP contribution in [0.25, 0.3) is 22.2 Å². The smallest absolute Gasteiger partial charge is 0.414 e. The van der Waals surface area contributed by atoms with Gasteiger partial charge in [-0.25, -0.2) is 19.6 Å². The molecule has 134 valence electrons. The summed E-state index contributed by atoms with van der Waals surface area (Å²) in [5, 5.41) is 11.8. The number of carboxylic acids is 1. The lowest BCUT2D eigenvalue weighted by Crippen LogP contribution is -2.27. The fourth-order valence-electron chi connectivity index (χ4n) is 2.27. The molecular formula is C17H16N4O5. The van der Waals surface area contributed by atoms with Crippen molar-refractivity contribution >= 4 is 29.0 Å². The molecule has 0 aliphatic heterocycles. The van der Waals surface area contributed by atoms with Gasteiger partial charge in [0.05, 0.1) is 0 Å². The molecule has 9 heteroatoms. The minimum absolute atomic E-state index is 0.115. The Balaban J connectivity index is 2.02. The molecule has 3 aromatic rings. The van der Waals surface area contributed by atoms with E-state index in [0.717, 1.165) is 0 Å². The van der Waals surface area contributed by atoms with Crippen molar-refractivity contribution in [3.05, 3.63) is 36.5 Å². The van der Waals surface area contributed by atoms with Gasteiger partial charge in [-0.3, -0.25) is 10.3 Å². The summed E-state index contributed by atoms with van der Waals surface area (Å²) in [6.45, 7) is 5.08. The lowest BCUT2D eigenvalue weighted by Gasteiger charge is -2.19. The lowest BCUT2D eigenvalue weighted by atomic mass is 10.1. The van der Waals surface area contributed by atoms with E-state index in [-0.39, 0.29) is 22.5 Å². The highest BCUT2D eigenvalue weighted by molar-refractivity contribution is 6.08. The van der Waals surface area contributed by atoms with Crippen LogP contribution in [-0.2, 0) is 4.74 Å². The zero-order chi connectivity index (χ0) is 18.9. The molecule has 1 amide bonds. The van der Waals surface area contributed by atoms with Gasteiger partial charge in [0.1, 0.15) is 23.0 Å². The van der Waals surface area contributed by atoms with Crippen LogP contribution >= 0.6 is 0 Å². The van der Waals surface area contributed by atoms with Crippen molar-refractivity contribution in [3.63, 3.8) is 0 Å². The van der Waals surface area contributed by atoms with Gasteiger partial charge < -0.3 is 14.3 Å². The largest absolute Gasteiger partial charge is 0.477 e. The highest BCUT2D eigenvalue weighted by Crippen LogP contribution is 2.31. The Morgan fingerprint density at radius 1 is 1.15 bits per heavy atom. The van der Waals surface area contributed by atoms with E-state index in [9.17, 15) is 14.7 Å². The number of aromatic carboxylic acids is 1. The van der Waals surface area contributed by atoms with Crippen LogP contribution < -0.4 is 5.32 Å². The fraction of sp³-hybridized carbons (Fsp3) is 0.235. The number of nitrogens with one attached hydrogen (secondary N) is 1. The van der Waals surface area contributed by atoms with Crippen LogP contribution in [0.15, 0.2) is 35.4 Å². The number of anilines is 1. The molecule has 3 heterocycles. The average molecular weight is 356 g/mol. The van der Waals surface area contributed by atoms with E-state index in [0.29, 0.717) is 11.1 Å². The minimum atomic E-state index is -1.28. The molecule has 0 fully saturated rings. The van der Waals surface area contributed by atoms with E-state index in [4.69, 9.17) is 9.15 Å². The van der Waals surface area contributed by atoms with Crippen molar-refractivity contribution in [2.75, 3.05) is 5.32 Å². The zero-order valence-electron chi connectivity index (χ0n) is 14.3. The number of carboxylic acid groups (broad SMARTS) is 1. The number of hydrogen-bond acceptors (Lipinski definition) is 7. The Morgan fingerprint density at radius 2 is 1.85 bits per heavy atom. The number of furan rings is 1. The minimum Gasteiger partial charge on any atom is -0.477 e. The molecule has 3 aromatic heterocycles. The summed E-state index contributed by atoms with van der Waals surface area (Å²) in [5.74, 6) is -1.52. The Hall–Kier alpha value is -3.49. The van der Waals surface area contributed by atoms with Gasteiger partial charge in [-0.1, -0.05) is 0 Å². The number of carbonyl (C=O) groups is 2. The first kappa shape index (κ1) is 17.3. The third kappa shape index (κ3) is 3.61. The molecule has 0 aliphatic carbocycles. The molecule has 9 nitrogen and oxygen atoms in total. The summed E-state index contributed by atoms with van der Waals surface area (Å²) in [4.78, 5) is 35.6. The maximum Gasteiger partial charge on any atom is 0.414 e. The van der Waals surface area contributed by atoms with Crippen molar-refractivity contribution in [1.82, 2.24) is 15.0 Å². The van der Waals surface area contributed by atoms with E-state index in [1.54, 1.807) is 39.2 Å². The predicted octanol–water partition coefficient (Wildman–Crippen LogP) is 3.33. The fourth-order valence-corrected chi connectivity index (χ4v) is 2.27. The van der Waals surface area contributed by atoms with Gasteiger partial charge in [0.25, 0.3) is 0 Å². The molecule has 0 radical (unpaired) electrons. The van der Waals surface area contributed by atoms with Gasteiger partial charge in [0, 0.05) is 29.7 Å². The van der Waals surface area contributed by atoms with Crippen LogP contribution in [0.3, 0.4) is 0 Å². The normalized spacial score (nSPS) is 11.3. The number of rotatable bonds is 3. The molecule has 0 aromatic carbocycles. The number of hydrogen-bond donors (Lipinski definition) is 2. The summed E-state index contributed by atoms with van der Waals surface area (Å²) in [7, 11) is 0. The SMILES string of the molecule is CC(C)(C)OC(=O)Nc1oc2cc(-c3cncnc3)cnc2c1C(=O)O. The number of amides is 1. The topological polar surface area (TPSA) is 127 Å². The van der Waals surface area contributed by atoms with Crippen LogP contribution in [0.4, 0.5) is 10.7 Å². The summed E-state index contributed by atoms with van der Waals surface area (Å²) < 4.78 is 10.6. The number of ether oxygens (including phenoxy) is 1. The molecule has 0 aliphatic rings. The zero-order valence-corrected chi connectivity index (χ0v) is 14.3. The Labute approximate surface area is 148 Å². The Bertz CT molecular complexity index is 976. The quantitative estimate of drug-likeness (QED) is 0.731. The van der Waals surface area contributed by atoms with Gasteiger partial charge in [-0.05, 0) is 26.8 Å². The molecule has 0 atom stereocenters. The molecule has 3 rings (SSSR count). The first-order valence-corrected chi connectivity index (χ1v) is 7.66. The van der Waals surface area contributed by atoms with Crippen molar-refractivity contribution in [1.29, 1.82) is 0 Å². The van der Waals surface area contributed by atoms with Crippen LogP contribution in [0.5, 0.6) is 0 Å². The second-order valence-corrected chi connectivity index (χ2v) is 6.44. The van der Waals surface area contributed by atoms with E-state index in [2.05, 4.69) is 20.3 Å². The summed E-state index contributed by atoms with van der Waals surface area (Å²) in [6.07, 6.45) is 5.25. The second kappa shape index (κ2) is 6.43. The number of nitrogens with zero attached hydrogens (tertiary/aromatic N) is 3. The second-order valence-electron chi connectivity index (χ2n) is 6.44. The van der Waals surface area contributed by atoms with Crippen LogP contribution in [-0.4, -0.2) is 37.7 Å². The van der Waals surface area contributed by atoms with Crippen LogP contribution in [0, 0.1) is 0 Å². The van der Waals surface area contributed by atoms with Gasteiger partial charge in [0.15, 0.2) is 5.58 Å². The molecular weight excluding hydrogens is 340 g/mol. The number of pyridine rings is 1. The standard InChI is InChI=1S/C17H16N4O5/c1-17(2,3)26-16(24)21-14-12(15(22)23)13-11(25-14)4-9(7-20-13)10-5-18-8-19-6-10/h4-8H,1-3H3,(H,21,24)(H,22,23). The molecule has 0 unspecified atom stereocenters. The highest BCUT2D eigenvalue weighted by Gasteiger charge is 2.25. The molecule has 26 heavy (non-hydrogen) atoms. The van der Waals surface area contributed by atoms with E-state index in [1.165, 1.54) is 12.5 Å². The van der Waals surface area contributed by atoms with E-state index >= 15 is 0 Å². The maximum atomic E-state index is 11.9. The van der Waals surface area contributed by atoms with Crippen molar-refractivity contribution < 1.29 is 23.8 Å². The Morgan fingerprint density at radius 3 is 2.46 bits per heavy atom. The lowest BCUT2D eigenvalue weighted by molar-refractivity contribution is 0.0633. The third-order valence-electron chi connectivity index (χ3n) is 3.25. The first-order valence-electron chi connectivity index (χ1n) is 7.66. The van der Waals surface area contributed by atoms with Crippen molar-refractivity contribution in [3.8, 4) is 11.1 Å². The summed E-state index contributed by atoms with van der Waals surface area (Å²) >= 11 is 0. The highest BCUT2D eigenvalue weighted by atomic mass is 16.6. The molecule has 0 bridgehead atoms. The number of fused-ring (bicyclic) bond motifs is 1.